The van der Waals surface area contributed by atoms with E-state index in [4.69, 9.17) is 24.7 Å². The second-order valence-electron chi connectivity index (χ2n) is 18.6. The van der Waals surface area contributed by atoms with Gasteiger partial charge >= 0.3 is 5.97 Å². The van der Waals surface area contributed by atoms with E-state index in [0.29, 0.717) is 44.2 Å². The fraction of sp³-hybridized carbons (Fsp3) is 0.872. The van der Waals surface area contributed by atoms with E-state index >= 15 is 0 Å². The van der Waals surface area contributed by atoms with Gasteiger partial charge in [0.05, 0.1) is 37.0 Å². The average molecular weight is 686 g/mol. The summed E-state index contributed by atoms with van der Waals surface area (Å²) in [5.74, 6) is 1.49. The van der Waals surface area contributed by atoms with E-state index in [-0.39, 0.29) is 57.8 Å². The van der Waals surface area contributed by atoms with E-state index in [2.05, 4.69) is 39.5 Å². The Morgan fingerprint density at radius 3 is 2.49 bits per heavy atom. The predicted molar refractivity (Wildman–Crippen MR) is 181 cm³/mol. The molecule has 7 rings (SSSR count). The molecule has 1 amide bonds. The maximum atomic E-state index is 12.5. The van der Waals surface area contributed by atoms with Gasteiger partial charge in [0, 0.05) is 24.8 Å². The van der Waals surface area contributed by atoms with Gasteiger partial charge in [-0.15, -0.1) is 0 Å². The summed E-state index contributed by atoms with van der Waals surface area (Å²) in [6, 6.07) is -0.350. The van der Waals surface area contributed by atoms with Crippen molar-refractivity contribution in [2.45, 2.75) is 150 Å². The SMILES string of the molecule is CC(=O)O[C@@H]([C]1C[C@@H](C)[C@H]2[C](O1)[C@H](O)[C@@]1(C)[C]3CC[C@H]4C(C)(C)C(O[C@H]5CN([C@H](C)C(N)=O)CCO5)CC[C@@]45C[C@@]35CC[C@]21C)C(C)(C)O. The Morgan fingerprint density at radius 1 is 1.12 bits per heavy atom. The van der Waals surface area contributed by atoms with Crippen LogP contribution in [0, 0.1) is 63.0 Å². The average Bonchev–Trinajstić information content (AvgIpc) is 3.65. The molecule has 2 saturated heterocycles. The highest BCUT2D eigenvalue weighted by molar-refractivity contribution is 5.79. The summed E-state index contributed by atoms with van der Waals surface area (Å²) in [7, 11) is 0. The van der Waals surface area contributed by atoms with Crippen molar-refractivity contribution in [3.63, 3.8) is 0 Å². The number of nitrogens with zero attached hydrogens (tertiary/aromatic N) is 1. The highest BCUT2D eigenvalue weighted by Crippen LogP contribution is 2.90. The zero-order valence-electron chi connectivity index (χ0n) is 31.3. The smallest absolute Gasteiger partial charge is 0.303 e. The Balaban J connectivity index is 1.12. The highest BCUT2D eigenvalue weighted by Gasteiger charge is 2.85. The number of fused-ring (bicyclic) bond motifs is 4. The molecule has 1 unspecified atom stereocenters. The minimum absolute atomic E-state index is 0.0558. The highest BCUT2D eigenvalue weighted by atomic mass is 16.7. The van der Waals surface area contributed by atoms with Gasteiger partial charge in [0.2, 0.25) is 5.91 Å². The second-order valence-corrected chi connectivity index (χ2v) is 18.6. The molecule has 7 aliphatic rings. The fourth-order valence-corrected chi connectivity index (χ4v) is 13.0. The van der Waals surface area contributed by atoms with Crippen LogP contribution in [0.5, 0.6) is 0 Å². The van der Waals surface area contributed by atoms with Gasteiger partial charge in [0.1, 0.15) is 12.2 Å². The molecular formula is C39H61N2O8. The number of primary amides is 1. The molecule has 49 heavy (non-hydrogen) atoms. The first kappa shape index (κ1) is 36.1. The number of esters is 1. The normalized spacial score (nSPS) is 46.8. The molecule has 2 heterocycles. The monoisotopic (exact) mass is 685 g/mol. The molecule has 5 saturated carbocycles. The molecule has 2 aliphatic heterocycles. The van der Waals surface area contributed by atoms with Gasteiger partial charge in [-0.1, -0.05) is 34.6 Å². The molecule has 4 N–H and O–H groups in total. The molecule has 3 radical (unpaired) electrons. The molecular weight excluding hydrogens is 624 g/mol. The molecule has 2 spiro atoms. The lowest BCUT2D eigenvalue weighted by atomic mass is 9.41. The van der Waals surface area contributed by atoms with Crippen molar-refractivity contribution in [3.05, 3.63) is 18.1 Å². The van der Waals surface area contributed by atoms with E-state index in [1.807, 2.05) is 6.92 Å². The molecule has 7 fully saturated rings. The lowest BCUT2D eigenvalue weighted by molar-refractivity contribution is -0.245. The molecule has 10 heteroatoms. The van der Waals surface area contributed by atoms with Crippen LogP contribution in [0.1, 0.15) is 114 Å². The summed E-state index contributed by atoms with van der Waals surface area (Å²) in [5.41, 5.74) is 3.94. The summed E-state index contributed by atoms with van der Waals surface area (Å²) >= 11 is 0. The van der Waals surface area contributed by atoms with E-state index in [9.17, 15) is 19.8 Å². The van der Waals surface area contributed by atoms with Crippen molar-refractivity contribution < 1.29 is 38.7 Å². The number of carbonyl (C=O) groups is 2. The van der Waals surface area contributed by atoms with E-state index < -0.39 is 29.2 Å². The van der Waals surface area contributed by atoms with Crippen LogP contribution >= 0.6 is 0 Å². The number of amides is 1. The largest absolute Gasteiger partial charge is 0.456 e. The Kier molecular flexibility index (Phi) is 8.54. The second kappa shape index (κ2) is 11.6. The van der Waals surface area contributed by atoms with Crippen LogP contribution in [-0.4, -0.2) is 82.9 Å². The number of morpholine rings is 1. The van der Waals surface area contributed by atoms with Crippen LogP contribution in [0.4, 0.5) is 0 Å². The maximum Gasteiger partial charge on any atom is 0.303 e. The Bertz CT molecular complexity index is 1330. The van der Waals surface area contributed by atoms with Crippen molar-refractivity contribution in [1.82, 2.24) is 4.90 Å². The molecule has 12 atom stereocenters. The van der Waals surface area contributed by atoms with Gasteiger partial charge in [-0.3, -0.25) is 14.5 Å². The molecule has 0 aromatic heterocycles. The molecule has 0 aromatic carbocycles. The number of carbonyl (C=O) groups excluding carboxylic acids is 2. The van der Waals surface area contributed by atoms with Crippen molar-refractivity contribution in [2.24, 2.45) is 50.6 Å². The summed E-state index contributed by atoms with van der Waals surface area (Å²) < 4.78 is 25.2. The Hall–Kier alpha value is -1.30. The first-order valence-electron chi connectivity index (χ1n) is 18.9. The van der Waals surface area contributed by atoms with E-state index in [0.717, 1.165) is 38.5 Å². The van der Waals surface area contributed by atoms with Crippen LogP contribution in [0.25, 0.3) is 0 Å². The zero-order valence-corrected chi connectivity index (χ0v) is 31.3. The third-order valence-electron chi connectivity index (χ3n) is 15.5. The summed E-state index contributed by atoms with van der Waals surface area (Å²) in [5, 5.41) is 23.5. The van der Waals surface area contributed by atoms with Crippen LogP contribution < -0.4 is 5.73 Å². The predicted octanol–water partition coefficient (Wildman–Crippen LogP) is 4.70. The van der Waals surface area contributed by atoms with Gasteiger partial charge in [-0.25, -0.2) is 0 Å². The van der Waals surface area contributed by atoms with Gasteiger partial charge in [0.25, 0.3) is 0 Å². The van der Waals surface area contributed by atoms with Gasteiger partial charge in [0.15, 0.2) is 12.4 Å². The van der Waals surface area contributed by atoms with Gasteiger partial charge in [-0.05, 0) is 112 Å². The fourth-order valence-electron chi connectivity index (χ4n) is 13.0. The maximum absolute atomic E-state index is 12.5. The summed E-state index contributed by atoms with van der Waals surface area (Å²) in [6.45, 7) is 19.9. The van der Waals surface area contributed by atoms with Crippen molar-refractivity contribution in [1.29, 1.82) is 0 Å². The van der Waals surface area contributed by atoms with Gasteiger partial charge < -0.3 is 34.9 Å². The van der Waals surface area contributed by atoms with Crippen LogP contribution in [0.3, 0.4) is 0 Å². The minimum Gasteiger partial charge on any atom is -0.456 e. The zero-order chi connectivity index (χ0) is 35.7. The van der Waals surface area contributed by atoms with Crippen LogP contribution in [0.15, 0.2) is 0 Å². The summed E-state index contributed by atoms with van der Waals surface area (Å²) in [6.07, 6.45) is 7.26. The molecule has 5 aliphatic carbocycles. The number of rotatable bonds is 7. The lowest BCUT2D eigenvalue weighted by Gasteiger charge is -2.63. The first-order valence-corrected chi connectivity index (χ1v) is 18.9. The van der Waals surface area contributed by atoms with E-state index in [1.165, 1.54) is 13.3 Å². The number of ether oxygens (including phenoxy) is 4. The van der Waals surface area contributed by atoms with E-state index in [1.54, 1.807) is 19.8 Å². The Morgan fingerprint density at radius 2 is 1.84 bits per heavy atom. The number of hydrogen-bond donors (Lipinski definition) is 3. The molecule has 10 nitrogen and oxygen atoms in total. The van der Waals surface area contributed by atoms with Crippen LogP contribution in [-0.2, 0) is 28.5 Å². The summed E-state index contributed by atoms with van der Waals surface area (Å²) in [4.78, 5) is 26.0. The number of aliphatic hydroxyl groups excluding tert-OH is 1. The van der Waals surface area contributed by atoms with Crippen molar-refractivity contribution in [3.8, 4) is 0 Å². The minimum atomic E-state index is -1.32. The topological polar surface area (TPSA) is 141 Å². The van der Waals surface area contributed by atoms with Crippen molar-refractivity contribution in [2.75, 3.05) is 19.7 Å². The third kappa shape index (κ3) is 4.99. The lowest BCUT2D eigenvalue weighted by Crippen LogP contribution is -2.59. The standard InChI is InChI=1S/C39H61N2O8/c1-21-18-24(32(35(6,7)45)47-23(3)42)48-30-29(21)36(8)14-15-39-20-38(39)13-12-27(49-28-19-41(16-17-46-28)22(2)33(40)44)34(4,5)25(38)10-11-26(39)37(36,9)31(30)43/h21-22,25,27-29,31-32,43,45H,10-20H2,1-9H3,(H2,40,44)/t21-,22-,25+,27?,28+,29+,31+,32+,36-,37-,38-,39+/m1/s1. The molecule has 0 aromatic rings. The van der Waals surface area contributed by atoms with Crippen molar-refractivity contribution >= 4 is 11.9 Å². The number of nitrogens with two attached hydrogens (primary N) is 1. The third-order valence-corrected chi connectivity index (χ3v) is 15.5. The molecule has 275 valence electrons. The quantitative estimate of drug-likeness (QED) is 0.325. The number of aliphatic hydroxyl groups is 2. The number of hydrogen-bond acceptors (Lipinski definition) is 9. The first-order chi connectivity index (χ1) is 22.7. The Labute approximate surface area is 293 Å². The van der Waals surface area contributed by atoms with Gasteiger partial charge in [-0.2, -0.15) is 0 Å². The molecule has 0 bridgehead atoms. The van der Waals surface area contributed by atoms with Crippen LogP contribution in [0.2, 0.25) is 0 Å².